The van der Waals surface area contributed by atoms with Crippen molar-refractivity contribution in [3.8, 4) is 0 Å². The minimum atomic E-state index is -4.28. The van der Waals surface area contributed by atoms with Crippen molar-refractivity contribution in [2.45, 2.75) is 58.0 Å². The average Bonchev–Trinajstić information content (AvgIpc) is 3.38. The van der Waals surface area contributed by atoms with Crippen molar-refractivity contribution in [3.63, 3.8) is 0 Å². The molecule has 0 radical (unpaired) electrons. The van der Waals surface area contributed by atoms with Gasteiger partial charge in [-0.2, -0.15) is 13.5 Å². The van der Waals surface area contributed by atoms with E-state index in [9.17, 15) is 18.3 Å². The van der Waals surface area contributed by atoms with Gasteiger partial charge in [-0.25, -0.2) is 13.8 Å². The maximum atomic E-state index is 13.1. The van der Waals surface area contributed by atoms with Gasteiger partial charge in [-0.3, -0.25) is 4.68 Å². The van der Waals surface area contributed by atoms with Crippen molar-refractivity contribution in [1.82, 2.24) is 14.5 Å². The predicted molar refractivity (Wildman–Crippen MR) is 126 cm³/mol. The van der Waals surface area contributed by atoms with Crippen LogP contribution in [0.1, 0.15) is 48.9 Å². The molecule has 0 aliphatic heterocycles. The number of benzene rings is 1. The van der Waals surface area contributed by atoms with Crippen molar-refractivity contribution in [1.29, 1.82) is 0 Å². The number of aliphatic hydroxyl groups is 1. The average molecular weight is 472 g/mol. The zero-order chi connectivity index (χ0) is 22.4. The molecule has 1 aromatic heterocycles. The Morgan fingerprint density at radius 2 is 1.78 bits per heavy atom. The van der Waals surface area contributed by atoms with E-state index in [0.29, 0.717) is 0 Å². The molecule has 2 amide bonds. The molecule has 0 saturated heterocycles. The van der Waals surface area contributed by atoms with Crippen LogP contribution in [0.5, 0.6) is 0 Å². The van der Waals surface area contributed by atoms with Gasteiger partial charge in [0.2, 0.25) is 0 Å². The third kappa shape index (κ3) is 5.31. The molecule has 170 valence electrons. The van der Waals surface area contributed by atoms with E-state index in [2.05, 4.69) is 21.2 Å². The maximum absolute atomic E-state index is 13.1. The van der Waals surface area contributed by atoms with Crippen molar-refractivity contribution in [2.24, 2.45) is 7.05 Å². The predicted octanol–water partition coefficient (Wildman–Crippen LogP) is 1.39. The van der Waals surface area contributed by atoms with Gasteiger partial charge >= 0.3 is 45.8 Å². The van der Waals surface area contributed by atoms with Crippen molar-refractivity contribution >= 4 is 57.2 Å². The first kappa shape index (κ1) is 25.0. The molecule has 0 fully saturated rings. The molecule has 0 saturated carbocycles. The summed E-state index contributed by atoms with van der Waals surface area (Å²) in [4.78, 5) is 12.8. The number of fused-ring (bicyclic) bond motifs is 2. The Labute approximate surface area is 211 Å². The van der Waals surface area contributed by atoms with E-state index in [4.69, 9.17) is 0 Å². The van der Waals surface area contributed by atoms with Crippen molar-refractivity contribution in [2.75, 3.05) is 16.2 Å². The summed E-state index contributed by atoms with van der Waals surface area (Å²) in [5.74, 6) is 0. The SMILES string of the molecule is Cn1cc(N(CC(C)(C)O)S(=O)(=O)NC(=O)Nc2c3c(cc4c2CCC4)CCC3)cn1.[NaH]. The van der Waals surface area contributed by atoms with E-state index >= 15 is 0 Å². The summed E-state index contributed by atoms with van der Waals surface area (Å²) in [7, 11) is -2.62. The zero-order valence-corrected chi connectivity index (χ0v) is 18.9. The number of aromatic nitrogens is 2. The van der Waals surface area contributed by atoms with Gasteiger partial charge in [0.05, 0.1) is 24.0 Å². The Hall–Kier alpha value is -1.59. The number of aryl methyl sites for hydroxylation is 3. The number of carbonyl (C=O) groups is 1. The number of rotatable bonds is 6. The normalized spacial score (nSPS) is 15.0. The number of nitrogens with one attached hydrogen (secondary N) is 2. The van der Waals surface area contributed by atoms with Gasteiger partial charge in [-0.15, -0.1) is 0 Å². The first-order valence-electron chi connectivity index (χ1n) is 10.5. The van der Waals surface area contributed by atoms with Crippen LogP contribution < -0.4 is 14.3 Å². The Balaban J connectivity index is 0.00000289. The Kier molecular flexibility index (Phi) is 7.31. The van der Waals surface area contributed by atoms with Gasteiger partial charge in [0.15, 0.2) is 0 Å². The second-order valence-electron chi connectivity index (χ2n) is 8.99. The number of amides is 2. The quantitative estimate of drug-likeness (QED) is 0.551. The number of hydrogen-bond acceptors (Lipinski definition) is 5. The summed E-state index contributed by atoms with van der Waals surface area (Å²) >= 11 is 0. The Bertz CT molecular complexity index is 1090. The van der Waals surface area contributed by atoms with Gasteiger partial charge in [0.25, 0.3) is 0 Å². The molecule has 0 spiro atoms. The molecule has 2 aromatic rings. The molecule has 2 aliphatic rings. The summed E-state index contributed by atoms with van der Waals surface area (Å²) in [6.07, 6.45) is 8.69. The molecule has 2 aliphatic carbocycles. The minimum absolute atomic E-state index is 0. The van der Waals surface area contributed by atoms with Crippen molar-refractivity contribution in [3.05, 3.63) is 40.7 Å². The van der Waals surface area contributed by atoms with Crippen LogP contribution >= 0.6 is 0 Å². The molecule has 11 heteroatoms. The van der Waals surface area contributed by atoms with Crippen LogP contribution in [0, 0.1) is 0 Å². The summed E-state index contributed by atoms with van der Waals surface area (Å²) in [6, 6.07) is 1.44. The number of anilines is 2. The van der Waals surface area contributed by atoms with Crippen LogP contribution in [0.25, 0.3) is 0 Å². The van der Waals surface area contributed by atoms with Gasteiger partial charge in [-0.05, 0) is 74.6 Å². The van der Waals surface area contributed by atoms with Crippen molar-refractivity contribution < 1.29 is 18.3 Å². The number of nitrogens with zero attached hydrogens (tertiary/aromatic N) is 3. The molecule has 0 unspecified atom stereocenters. The number of hydrogen-bond donors (Lipinski definition) is 3. The third-order valence-electron chi connectivity index (χ3n) is 5.73. The molecular formula is C21H30N5NaO4S. The molecule has 32 heavy (non-hydrogen) atoms. The fourth-order valence-corrected chi connectivity index (χ4v) is 5.74. The fraction of sp³-hybridized carbons (Fsp3) is 0.524. The molecule has 9 nitrogen and oxygen atoms in total. The fourth-order valence-electron chi connectivity index (χ4n) is 4.48. The van der Waals surface area contributed by atoms with E-state index in [-0.39, 0.29) is 41.8 Å². The third-order valence-corrected chi connectivity index (χ3v) is 7.10. The van der Waals surface area contributed by atoms with Crippen LogP contribution in [0.15, 0.2) is 18.5 Å². The molecular weight excluding hydrogens is 441 g/mol. The zero-order valence-electron chi connectivity index (χ0n) is 18.1. The number of carbonyl (C=O) groups excluding carboxylic acids is 1. The summed E-state index contributed by atoms with van der Waals surface area (Å²) in [5.41, 5.74) is 4.44. The van der Waals surface area contributed by atoms with Crippen LogP contribution in [-0.4, -0.2) is 71.0 Å². The van der Waals surface area contributed by atoms with E-state index in [1.807, 2.05) is 0 Å². The van der Waals surface area contributed by atoms with E-state index < -0.39 is 21.8 Å². The topological polar surface area (TPSA) is 117 Å². The second-order valence-corrected chi connectivity index (χ2v) is 10.6. The summed E-state index contributed by atoms with van der Waals surface area (Å²) < 4.78 is 30.7. The molecule has 0 atom stereocenters. The number of urea groups is 1. The van der Waals surface area contributed by atoms with Gasteiger partial charge in [0, 0.05) is 18.9 Å². The Morgan fingerprint density at radius 3 is 2.28 bits per heavy atom. The van der Waals surface area contributed by atoms with Crippen LogP contribution in [0.4, 0.5) is 16.2 Å². The second kappa shape index (κ2) is 9.34. The van der Waals surface area contributed by atoms with Gasteiger partial charge < -0.3 is 10.4 Å². The molecule has 4 rings (SSSR count). The van der Waals surface area contributed by atoms with E-state index in [1.54, 1.807) is 7.05 Å². The van der Waals surface area contributed by atoms with Crippen LogP contribution in [0.2, 0.25) is 0 Å². The standard InChI is InChI=1S/C21H29N5O4S.Na.H/c1-21(2,28)13-26(16-11-22-25(3)12-16)31(29,30)24-20(27)23-19-17-8-4-6-14(17)10-15-7-5-9-18(15)19;;/h10-12,28H,4-9,13H2,1-3H3,(H2,23,24,27);;. The van der Waals surface area contributed by atoms with Gasteiger partial charge in [0.1, 0.15) is 0 Å². The summed E-state index contributed by atoms with van der Waals surface area (Å²) in [5, 5.41) is 17.1. The summed E-state index contributed by atoms with van der Waals surface area (Å²) in [6.45, 7) is 2.77. The monoisotopic (exact) mass is 471 g/mol. The molecule has 1 heterocycles. The van der Waals surface area contributed by atoms with E-state index in [1.165, 1.54) is 42.0 Å². The molecule has 1 aromatic carbocycles. The first-order valence-corrected chi connectivity index (χ1v) is 12.0. The van der Waals surface area contributed by atoms with Crippen LogP contribution in [-0.2, 0) is 42.9 Å². The molecule has 3 N–H and O–H groups in total. The van der Waals surface area contributed by atoms with Gasteiger partial charge in [-0.1, -0.05) is 6.07 Å². The Morgan fingerprint density at radius 1 is 1.19 bits per heavy atom. The van der Waals surface area contributed by atoms with E-state index in [0.717, 1.165) is 59.6 Å². The van der Waals surface area contributed by atoms with Crippen LogP contribution in [0.3, 0.4) is 0 Å². The molecule has 0 bridgehead atoms. The first-order chi connectivity index (χ1) is 14.5.